The van der Waals surface area contributed by atoms with E-state index in [1.807, 2.05) is 30.3 Å². The Bertz CT molecular complexity index is 916. The zero-order chi connectivity index (χ0) is 19.1. The Kier molecular flexibility index (Phi) is 6.42. The average molecular weight is 362 g/mol. The van der Waals surface area contributed by atoms with Gasteiger partial charge in [-0.25, -0.2) is 0 Å². The number of hydrogen-bond donors (Lipinski definition) is 1. The molecule has 4 heteroatoms. The van der Waals surface area contributed by atoms with Crippen LogP contribution in [0.15, 0.2) is 54.7 Å². The normalized spacial score (nSPS) is 10.7. The highest BCUT2D eigenvalue weighted by molar-refractivity contribution is 5.84. The number of nitrogens with zero attached hydrogens (tertiary/aromatic N) is 1. The minimum Gasteiger partial charge on any atom is -0.491 e. The Balaban J connectivity index is 1.38. The van der Waals surface area contributed by atoms with Crippen molar-refractivity contribution in [1.82, 2.24) is 10.3 Å². The van der Waals surface area contributed by atoms with Crippen LogP contribution in [0.25, 0.3) is 10.9 Å². The van der Waals surface area contributed by atoms with E-state index in [9.17, 15) is 4.79 Å². The van der Waals surface area contributed by atoms with Crippen LogP contribution in [0.5, 0.6) is 5.75 Å². The largest absolute Gasteiger partial charge is 0.491 e. The molecule has 0 radical (unpaired) electrons. The predicted octanol–water partition coefficient (Wildman–Crippen LogP) is 4.37. The molecule has 0 bridgehead atoms. The summed E-state index contributed by atoms with van der Waals surface area (Å²) in [6, 6.07) is 16.2. The minimum absolute atomic E-state index is 0.0850. The van der Waals surface area contributed by atoms with Crippen LogP contribution in [0.2, 0.25) is 0 Å². The first-order valence-electron chi connectivity index (χ1n) is 9.43. The molecular weight excluding hydrogens is 336 g/mol. The number of carbonyl (C=O) groups is 1. The highest BCUT2D eigenvalue weighted by Gasteiger charge is 2.05. The van der Waals surface area contributed by atoms with Crippen LogP contribution in [0, 0.1) is 13.8 Å². The lowest BCUT2D eigenvalue weighted by Crippen LogP contribution is -2.25. The van der Waals surface area contributed by atoms with E-state index in [1.54, 1.807) is 6.20 Å². The van der Waals surface area contributed by atoms with Crippen LogP contribution in [-0.4, -0.2) is 24.0 Å². The summed E-state index contributed by atoms with van der Waals surface area (Å²) in [7, 11) is 0. The van der Waals surface area contributed by atoms with Gasteiger partial charge in [0, 0.05) is 24.5 Å². The van der Waals surface area contributed by atoms with Gasteiger partial charge in [-0.3, -0.25) is 9.78 Å². The summed E-state index contributed by atoms with van der Waals surface area (Å²) in [6.45, 7) is 5.34. The molecule has 1 heterocycles. The van der Waals surface area contributed by atoms with Gasteiger partial charge in [0.15, 0.2) is 0 Å². The molecule has 0 saturated carbocycles. The van der Waals surface area contributed by atoms with Crippen molar-refractivity contribution in [3.63, 3.8) is 0 Å². The van der Waals surface area contributed by atoms with Crippen LogP contribution >= 0.6 is 0 Å². The fraction of sp³-hybridized carbons (Fsp3) is 0.304. The van der Waals surface area contributed by atoms with Gasteiger partial charge in [-0.05, 0) is 49.9 Å². The molecule has 3 rings (SSSR count). The van der Waals surface area contributed by atoms with E-state index in [-0.39, 0.29) is 5.91 Å². The number of hydrogen-bond acceptors (Lipinski definition) is 3. The Labute approximate surface area is 160 Å². The molecule has 0 aliphatic rings. The molecule has 4 nitrogen and oxygen atoms in total. The smallest absolute Gasteiger partial charge is 0.220 e. The number of fused-ring (bicyclic) bond motifs is 1. The number of aryl methyl sites for hydroxylation is 3. The van der Waals surface area contributed by atoms with E-state index in [2.05, 4.69) is 42.3 Å². The molecule has 140 valence electrons. The Hall–Kier alpha value is -2.88. The summed E-state index contributed by atoms with van der Waals surface area (Å²) in [5, 5.41) is 4.04. The summed E-state index contributed by atoms with van der Waals surface area (Å²) in [4.78, 5) is 16.4. The number of aromatic nitrogens is 1. The molecule has 2 aromatic carbocycles. The molecule has 0 saturated heterocycles. The third-order valence-corrected chi connectivity index (χ3v) is 4.62. The standard InChI is InChI=1S/C23H26N2O2/c1-17-9-10-19(18(2)16-17)11-12-22(26)24-14-5-15-27-21-8-3-6-20-7-4-13-25-23(20)21/h3-4,6-10,13,16H,5,11-12,14-15H2,1-2H3,(H,24,26). The molecule has 1 N–H and O–H groups in total. The lowest BCUT2D eigenvalue weighted by Gasteiger charge is -2.10. The number of amides is 1. The van der Waals surface area contributed by atoms with Crippen molar-refractivity contribution < 1.29 is 9.53 Å². The highest BCUT2D eigenvalue weighted by Crippen LogP contribution is 2.22. The van der Waals surface area contributed by atoms with Crippen LogP contribution in [0.1, 0.15) is 29.5 Å². The van der Waals surface area contributed by atoms with Gasteiger partial charge >= 0.3 is 0 Å². The lowest BCUT2D eigenvalue weighted by atomic mass is 10.0. The number of ether oxygens (including phenoxy) is 1. The first-order valence-corrected chi connectivity index (χ1v) is 9.43. The molecule has 0 atom stereocenters. The van der Waals surface area contributed by atoms with Gasteiger partial charge in [-0.15, -0.1) is 0 Å². The monoisotopic (exact) mass is 362 g/mol. The van der Waals surface area contributed by atoms with Crippen molar-refractivity contribution in [3.8, 4) is 5.75 Å². The molecule has 1 amide bonds. The first kappa shape index (κ1) is 18.9. The molecular formula is C23H26N2O2. The van der Waals surface area contributed by atoms with E-state index >= 15 is 0 Å². The maximum atomic E-state index is 12.0. The SMILES string of the molecule is Cc1ccc(CCC(=O)NCCCOc2cccc3cccnc23)c(C)c1. The van der Waals surface area contributed by atoms with Crippen LogP contribution in [0.4, 0.5) is 0 Å². The average Bonchev–Trinajstić information content (AvgIpc) is 2.67. The summed E-state index contributed by atoms with van der Waals surface area (Å²) < 4.78 is 5.84. The van der Waals surface area contributed by atoms with Crippen molar-refractivity contribution in [2.75, 3.05) is 13.2 Å². The van der Waals surface area contributed by atoms with Crippen LogP contribution in [0.3, 0.4) is 0 Å². The molecule has 0 unspecified atom stereocenters. The van der Waals surface area contributed by atoms with E-state index in [4.69, 9.17) is 4.74 Å². The highest BCUT2D eigenvalue weighted by atomic mass is 16.5. The fourth-order valence-electron chi connectivity index (χ4n) is 3.14. The third-order valence-electron chi connectivity index (χ3n) is 4.62. The molecule has 0 spiro atoms. The second kappa shape index (κ2) is 9.17. The Morgan fingerprint density at radius 1 is 1.11 bits per heavy atom. The van der Waals surface area contributed by atoms with Gasteiger partial charge in [0.05, 0.1) is 6.61 Å². The van der Waals surface area contributed by atoms with Crippen molar-refractivity contribution in [3.05, 3.63) is 71.4 Å². The first-order chi connectivity index (χ1) is 13.1. The van der Waals surface area contributed by atoms with Gasteiger partial charge in [0.25, 0.3) is 0 Å². The Morgan fingerprint density at radius 3 is 2.81 bits per heavy atom. The molecule has 27 heavy (non-hydrogen) atoms. The van der Waals surface area contributed by atoms with E-state index in [1.165, 1.54) is 16.7 Å². The molecule has 1 aromatic heterocycles. The summed E-state index contributed by atoms with van der Waals surface area (Å²) >= 11 is 0. The number of para-hydroxylation sites is 1. The summed E-state index contributed by atoms with van der Waals surface area (Å²) in [6.07, 6.45) is 3.82. The Morgan fingerprint density at radius 2 is 1.96 bits per heavy atom. The maximum Gasteiger partial charge on any atom is 0.220 e. The number of carbonyl (C=O) groups excluding carboxylic acids is 1. The quantitative estimate of drug-likeness (QED) is 0.606. The van der Waals surface area contributed by atoms with Gasteiger partial charge in [-0.1, -0.05) is 42.0 Å². The van der Waals surface area contributed by atoms with Gasteiger partial charge in [-0.2, -0.15) is 0 Å². The molecule has 3 aromatic rings. The lowest BCUT2D eigenvalue weighted by molar-refractivity contribution is -0.121. The number of pyridine rings is 1. The second-order valence-corrected chi connectivity index (χ2v) is 6.81. The van der Waals surface area contributed by atoms with Crippen molar-refractivity contribution in [2.45, 2.75) is 33.1 Å². The van der Waals surface area contributed by atoms with E-state index in [0.717, 1.165) is 29.5 Å². The third kappa shape index (κ3) is 5.30. The second-order valence-electron chi connectivity index (χ2n) is 6.81. The summed E-state index contributed by atoms with van der Waals surface area (Å²) in [5.74, 6) is 0.871. The zero-order valence-electron chi connectivity index (χ0n) is 16.0. The van der Waals surface area contributed by atoms with Crippen LogP contribution in [-0.2, 0) is 11.2 Å². The number of benzene rings is 2. The van der Waals surface area contributed by atoms with Crippen molar-refractivity contribution in [1.29, 1.82) is 0 Å². The van der Waals surface area contributed by atoms with Crippen molar-refractivity contribution in [2.24, 2.45) is 0 Å². The summed E-state index contributed by atoms with van der Waals surface area (Å²) in [5.41, 5.74) is 4.61. The number of rotatable bonds is 8. The molecule has 0 fully saturated rings. The van der Waals surface area contributed by atoms with Gasteiger partial charge in [0.1, 0.15) is 11.3 Å². The zero-order valence-corrected chi connectivity index (χ0v) is 16.0. The van der Waals surface area contributed by atoms with Crippen molar-refractivity contribution >= 4 is 16.8 Å². The fourth-order valence-corrected chi connectivity index (χ4v) is 3.14. The molecule has 0 aliphatic carbocycles. The molecule has 0 aliphatic heterocycles. The maximum absolute atomic E-state index is 12.0. The minimum atomic E-state index is 0.0850. The number of nitrogens with one attached hydrogen (secondary N) is 1. The van der Waals surface area contributed by atoms with E-state index in [0.29, 0.717) is 19.6 Å². The predicted molar refractivity (Wildman–Crippen MR) is 109 cm³/mol. The van der Waals surface area contributed by atoms with Crippen LogP contribution < -0.4 is 10.1 Å². The van der Waals surface area contributed by atoms with Gasteiger partial charge < -0.3 is 10.1 Å². The topological polar surface area (TPSA) is 51.2 Å². The van der Waals surface area contributed by atoms with E-state index < -0.39 is 0 Å². The van der Waals surface area contributed by atoms with Gasteiger partial charge in [0.2, 0.25) is 5.91 Å².